The molecule has 0 saturated heterocycles. The first-order valence-electron chi connectivity index (χ1n) is 6.21. The Bertz CT molecular complexity index is 801. The van der Waals surface area contributed by atoms with Crippen molar-refractivity contribution in [3.63, 3.8) is 0 Å². The van der Waals surface area contributed by atoms with Crippen LogP contribution < -0.4 is 4.90 Å². The Labute approximate surface area is 119 Å². The predicted octanol–water partition coefficient (Wildman–Crippen LogP) is 3.70. The molecule has 3 aromatic rings. The van der Waals surface area contributed by atoms with Gasteiger partial charge in [0.2, 0.25) is 0 Å². The van der Waals surface area contributed by atoms with Crippen molar-refractivity contribution in [2.45, 2.75) is 0 Å². The second-order valence-corrected chi connectivity index (χ2v) is 5.53. The van der Waals surface area contributed by atoms with Crippen molar-refractivity contribution in [2.75, 3.05) is 4.90 Å². The summed E-state index contributed by atoms with van der Waals surface area (Å²) < 4.78 is 0. The molecule has 0 bridgehead atoms. The fraction of sp³-hybridized carbons (Fsp3) is 0. The van der Waals surface area contributed by atoms with Crippen molar-refractivity contribution in [1.29, 1.82) is 0 Å². The second kappa shape index (κ2) is 4.02. The summed E-state index contributed by atoms with van der Waals surface area (Å²) in [6.45, 7) is 0. The van der Waals surface area contributed by atoms with Gasteiger partial charge in [-0.15, -0.1) is 11.3 Å². The van der Waals surface area contributed by atoms with Crippen molar-refractivity contribution in [3.8, 4) is 0 Å². The third kappa shape index (κ3) is 1.39. The van der Waals surface area contributed by atoms with E-state index in [0.29, 0.717) is 16.1 Å². The number of nitrogens with zero attached hydrogens (tertiary/aromatic N) is 1. The molecule has 2 amide bonds. The first-order chi connectivity index (χ1) is 9.77. The Kier molecular flexibility index (Phi) is 2.28. The molecular weight excluding hydrogens is 270 g/mol. The van der Waals surface area contributed by atoms with Gasteiger partial charge in [0.05, 0.1) is 0 Å². The number of imide groups is 1. The minimum absolute atomic E-state index is 0.248. The average molecular weight is 279 g/mol. The van der Waals surface area contributed by atoms with E-state index in [0.717, 1.165) is 10.8 Å². The Morgan fingerprint density at radius 3 is 2.00 bits per heavy atom. The minimum Gasteiger partial charge on any atom is -0.268 e. The van der Waals surface area contributed by atoms with E-state index < -0.39 is 0 Å². The van der Waals surface area contributed by atoms with Crippen LogP contribution in [0.5, 0.6) is 0 Å². The van der Waals surface area contributed by atoms with Crippen LogP contribution in [0, 0.1) is 0 Å². The number of thiophene rings is 1. The van der Waals surface area contributed by atoms with Crippen LogP contribution in [0.1, 0.15) is 20.7 Å². The highest BCUT2D eigenvalue weighted by molar-refractivity contribution is 7.14. The molecule has 0 N–H and O–H groups in total. The fourth-order valence-electron chi connectivity index (χ4n) is 2.63. The number of amides is 2. The molecule has 4 rings (SSSR count). The zero-order valence-corrected chi connectivity index (χ0v) is 11.2. The van der Waals surface area contributed by atoms with Gasteiger partial charge in [-0.1, -0.05) is 24.3 Å². The molecule has 0 fully saturated rings. The van der Waals surface area contributed by atoms with E-state index in [-0.39, 0.29) is 11.8 Å². The number of rotatable bonds is 1. The molecule has 3 nitrogen and oxygen atoms in total. The Hall–Kier alpha value is -2.46. The molecule has 1 aliphatic heterocycles. The summed E-state index contributed by atoms with van der Waals surface area (Å²) in [7, 11) is 0. The summed E-state index contributed by atoms with van der Waals surface area (Å²) in [4.78, 5) is 26.5. The van der Waals surface area contributed by atoms with Crippen LogP contribution in [-0.2, 0) is 0 Å². The van der Waals surface area contributed by atoms with Crippen LogP contribution in [0.15, 0.2) is 53.9 Å². The summed E-state index contributed by atoms with van der Waals surface area (Å²) in [6, 6.07) is 14.7. The van der Waals surface area contributed by atoms with Gasteiger partial charge in [0, 0.05) is 16.5 Å². The summed E-state index contributed by atoms with van der Waals surface area (Å²) >= 11 is 1.39. The standard InChI is InChI=1S/C16H9NO2S/c18-15-11-6-1-4-10-5-2-7-12(14(10)11)16(19)17(15)13-8-3-9-20-13/h1-9H. The number of hydrogen-bond acceptors (Lipinski definition) is 3. The van der Waals surface area contributed by atoms with Crippen molar-refractivity contribution in [3.05, 3.63) is 65.0 Å². The normalized spacial score (nSPS) is 14.1. The van der Waals surface area contributed by atoms with E-state index in [1.807, 2.05) is 35.7 Å². The van der Waals surface area contributed by atoms with Gasteiger partial charge in [-0.25, -0.2) is 4.90 Å². The van der Waals surface area contributed by atoms with Crippen LogP contribution in [0.3, 0.4) is 0 Å². The van der Waals surface area contributed by atoms with E-state index in [2.05, 4.69) is 0 Å². The third-order valence-corrected chi connectivity index (χ3v) is 4.35. The summed E-state index contributed by atoms with van der Waals surface area (Å²) in [6.07, 6.45) is 0. The topological polar surface area (TPSA) is 37.4 Å². The maximum atomic E-state index is 12.6. The zero-order chi connectivity index (χ0) is 13.7. The number of benzene rings is 2. The van der Waals surface area contributed by atoms with E-state index in [1.165, 1.54) is 16.2 Å². The van der Waals surface area contributed by atoms with Gasteiger partial charge in [0.15, 0.2) is 0 Å². The predicted molar refractivity (Wildman–Crippen MR) is 79.4 cm³/mol. The molecule has 0 saturated carbocycles. The van der Waals surface area contributed by atoms with Crippen LogP contribution in [0.2, 0.25) is 0 Å². The number of anilines is 1. The Morgan fingerprint density at radius 2 is 1.45 bits per heavy atom. The Balaban J connectivity index is 2.05. The van der Waals surface area contributed by atoms with Gasteiger partial charge in [-0.3, -0.25) is 9.59 Å². The molecule has 2 aromatic carbocycles. The lowest BCUT2D eigenvalue weighted by Gasteiger charge is -2.25. The molecule has 0 radical (unpaired) electrons. The first-order valence-corrected chi connectivity index (χ1v) is 7.09. The van der Waals surface area contributed by atoms with Crippen LogP contribution >= 0.6 is 11.3 Å². The lowest BCUT2D eigenvalue weighted by molar-refractivity contribution is 0.0894. The second-order valence-electron chi connectivity index (χ2n) is 4.61. The van der Waals surface area contributed by atoms with Gasteiger partial charge >= 0.3 is 0 Å². The molecule has 0 atom stereocenters. The largest absolute Gasteiger partial charge is 0.268 e. The third-order valence-electron chi connectivity index (χ3n) is 3.50. The maximum absolute atomic E-state index is 12.6. The quantitative estimate of drug-likeness (QED) is 0.637. The van der Waals surface area contributed by atoms with Gasteiger partial charge in [0.1, 0.15) is 5.00 Å². The number of carbonyl (C=O) groups excluding carboxylic acids is 2. The van der Waals surface area contributed by atoms with Crippen molar-refractivity contribution < 1.29 is 9.59 Å². The average Bonchev–Trinajstić information content (AvgIpc) is 2.99. The summed E-state index contributed by atoms with van der Waals surface area (Å²) in [5.74, 6) is -0.497. The maximum Gasteiger partial charge on any atom is 0.266 e. The molecule has 2 heterocycles. The lowest BCUT2D eigenvalue weighted by Crippen LogP contribution is -2.39. The van der Waals surface area contributed by atoms with Gasteiger partial charge in [-0.05, 0) is 35.0 Å². The molecule has 0 spiro atoms. The molecule has 1 aliphatic rings. The molecule has 0 aliphatic carbocycles. The summed E-state index contributed by atoms with van der Waals surface area (Å²) in [5, 5.41) is 4.20. The van der Waals surface area contributed by atoms with Crippen LogP contribution in [-0.4, -0.2) is 11.8 Å². The minimum atomic E-state index is -0.248. The van der Waals surface area contributed by atoms with E-state index in [4.69, 9.17) is 0 Å². The number of hydrogen-bond donors (Lipinski definition) is 0. The first kappa shape index (κ1) is 11.4. The highest BCUT2D eigenvalue weighted by atomic mass is 32.1. The van der Waals surface area contributed by atoms with E-state index in [1.54, 1.807) is 18.2 Å². The highest BCUT2D eigenvalue weighted by Gasteiger charge is 2.34. The van der Waals surface area contributed by atoms with Crippen LogP contribution in [0.4, 0.5) is 5.00 Å². The van der Waals surface area contributed by atoms with Gasteiger partial charge in [0.25, 0.3) is 11.8 Å². The zero-order valence-electron chi connectivity index (χ0n) is 10.4. The smallest absolute Gasteiger partial charge is 0.266 e. The molecule has 0 unspecified atom stereocenters. The van der Waals surface area contributed by atoms with E-state index in [9.17, 15) is 9.59 Å². The molecule has 1 aromatic heterocycles. The molecule has 96 valence electrons. The number of carbonyl (C=O) groups is 2. The van der Waals surface area contributed by atoms with Gasteiger partial charge < -0.3 is 0 Å². The lowest BCUT2D eigenvalue weighted by atomic mass is 9.94. The molecule has 4 heteroatoms. The SMILES string of the molecule is O=C1c2cccc3cccc(c23)C(=O)N1c1cccs1. The fourth-order valence-corrected chi connectivity index (χ4v) is 3.35. The Morgan fingerprint density at radius 1 is 0.800 bits per heavy atom. The summed E-state index contributed by atoms with van der Waals surface area (Å²) in [5.41, 5.74) is 1.18. The van der Waals surface area contributed by atoms with Crippen molar-refractivity contribution in [1.82, 2.24) is 0 Å². The monoisotopic (exact) mass is 279 g/mol. The van der Waals surface area contributed by atoms with Crippen molar-refractivity contribution in [2.24, 2.45) is 0 Å². The van der Waals surface area contributed by atoms with E-state index >= 15 is 0 Å². The molecule has 20 heavy (non-hydrogen) atoms. The highest BCUT2D eigenvalue weighted by Crippen LogP contribution is 2.34. The van der Waals surface area contributed by atoms with Crippen LogP contribution in [0.25, 0.3) is 10.8 Å². The van der Waals surface area contributed by atoms with Gasteiger partial charge in [-0.2, -0.15) is 0 Å². The van der Waals surface area contributed by atoms with Crippen molar-refractivity contribution >= 4 is 38.9 Å². The molecular formula is C16H9NO2S.